The molecule has 0 radical (unpaired) electrons. The van der Waals surface area contributed by atoms with Crippen LogP contribution in [0.3, 0.4) is 0 Å². The minimum absolute atomic E-state index is 0.0278. The second-order valence-corrected chi connectivity index (χ2v) is 10.7. The van der Waals surface area contributed by atoms with Crippen molar-refractivity contribution in [3.63, 3.8) is 0 Å². The van der Waals surface area contributed by atoms with Gasteiger partial charge in [0.1, 0.15) is 11.6 Å². The minimum atomic E-state index is -0.259. The van der Waals surface area contributed by atoms with Gasteiger partial charge in [0.05, 0.1) is 23.6 Å². The van der Waals surface area contributed by atoms with E-state index >= 15 is 0 Å². The van der Waals surface area contributed by atoms with Crippen LogP contribution in [-0.2, 0) is 6.42 Å². The fraction of sp³-hybridized carbons (Fsp3) is 0.250. The number of fused-ring (bicyclic) bond motifs is 2. The third-order valence-electron chi connectivity index (χ3n) is 8.38. The summed E-state index contributed by atoms with van der Waals surface area (Å²) in [6.45, 7) is 2.35. The summed E-state index contributed by atoms with van der Waals surface area (Å²) < 4.78 is 15.4. The highest BCUT2D eigenvalue weighted by Crippen LogP contribution is 2.55. The normalized spacial score (nSPS) is 20.8. The van der Waals surface area contributed by atoms with Gasteiger partial charge >= 0.3 is 0 Å². The molecule has 2 aliphatic rings. The summed E-state index contributed by atoms with van der Waals surface area (Å²) in [4.78, 5) is 13.2. The smallest absolute Gasteiger partial charge is 0.251 e. The van der Waals surface area contributed by atoms with Crippen LogP contribution in [0.4, 0.5) is 4.39 Å². The number of nitrogens with zero attached hydrogens (tertiary/aromatic N) is 2. The Morgan fingerprint density at radius 1 is 1.11 bits per heavy atom. The van der Waals surface area contributed by atoms with E-state index in [1.807, 2.05) is 29.1 Å². The van der Waals surface area contributed by atoms with E-state index in [1.165, 1.54) is 35.4 Å². The number of rotatable bonds is 6. The van der Waals surface area contributed by atoms with Gasteiger partial charge in [-0.1, -0.05) is 42.8 Å². The number of aromatic hydroxyl groups is 1. The Morgan fingerprint density at radius 3 is 2.58 bits per heavy atom. The lowest BCUT2D eigenvalue weighted by atomic mass is 9.68. The van der Waals surface area contributed by atoms with Gasteiger partial charge in [-0.15, -0.1) is 0 Å². The summed E-state index contributed by atoms with van der Waals surface area (Å²) in [5.74, 6) is 0.106. The van der Waals surface area contributed by atoms with E-state index in [0.717, 1.165) is 42.6 Å². The zero-order chi connectivity index (χ0) is 26.3. The van der Waals surface area contributed by atoms with Crippen LogP contribution >= 0.6 is 0 Å². The third-order valence-corrected chi connectivity index (χ3v) is 8.38. The number of carbonyl (C=O) groups excluding carboxylic acids is 1. The van der Waals surface area contributed by atoms with Crippen LogP contribution in [0.25, 0.3) is 11.8 Å². The van der Waals surface area contributed by atoms with Crippen molar-refractivity contribution in [2.24, 2.45) is 11.3 Å². The van der Waals surface area contributed by atoms with Gasteiger partial charge in [-0.3, -0.25) is 4.79 Å². The lowest BCUT2D eigenvalue weighted by Crippen LogP contribution is -2.34. The number of hydrogen-bond donors (Lipinski definition) is 2. The molecule has 192 valence electrons. The van der Waals surface area contributed by atoms with Gasteiger partial charge in [0.25, 0.3) is 5.91 Å². The molecule has 6 rings (SSSR count). The molecule has 1 amide bonds. The standard InChI is InChI=1S/C32H30FN3O2/c1-32-19-23-20-34-36(27-13-11-26(33)12-14-27)30(23)18-25(32)10-9-24(32)17-29(21-5-3-2-4-6-21)35-31(38)22-7-15-28(37)16-8-22/h2-8,11-16,18,20,24,29,37H,9-10,17,19H2,1H3,(H,35,38)/t24-,29?,32?/m1/s1. The number of carbonyl (C=O) groups is 1. The van der Waals surface area contributed by atoms with E-state index < -0.39 is 0 Å². The predicted octanol–water partition coefficient (Wildman–Crippen LogP) is 6.63. The maximum absolute atomic E-state index is 13.5. The van der Waals surface area contributed by atoms with Gasteiger partial charge in [0, 0.05) is 5.56 Å². The molecular weight excluding hydrogens is 477 g/mol. The number of amides is 1. The van der Waals surface area contributed by atoms with Crippen molar-refractivity contribution in [2.45, 2.75) is 38.6 Å². The minimum Gasteiger partial charge on any atom is -0.508 e. The van der Waals surface area contributed by atoms with Crippen molar-refractivity contribution in [2.75, 3.05) is 0 Å². The van der Waals surface area contributed by atoms with Crippen molar-refractivity contribution in [1.82, 2.24) is 15.1 Å². The van der Waals surface area contributed by atoms with E-state index in [1.54, 1.807) is 24.3 Å². The lowest BCUT2D eigenvalue weighted by molar-refractivity contribution is 0.0923. The fourth-order valence-corrected chi connectivity index (χ4v) is 6.20. The summed E-state index contributed by atoms with van der Waals surface area (Å²) in [5, 5.41) is 17.5. The molecule has 0 saturated heterocycles. The first kappa shape index (κ1) is 24.2. The van der Waals surface area contributed by atoms with Crippen LogP contribution in [0.1, 0.15) is 59.4 Å². The number of benzene rings is 3. The summed E-state index contributed by atoms with van der Waals surface area (Å²) >= 11 is 0. The Labute approximate surface area is 221 Å². The Kier molecular flexibility index (Phi) is 6.10. The summed E-state index contributed by atoms with van der Waals surface area (Å²) in [6.07, 6.45) is 7.98. The molecule has 6 heteroatoms. The second-order valence-electron chi connectivity index (χ2n) is 10.7. The predicted molar refractivity (Wildman–Crippen MR) is 145 cm³/mol. The van der Waals surface area contributed by atoms with Gasteiger partial charge in [0.15, 0.2) is 0 Å². The Bertz CT molecular complexity index is 1490. The number of allylic oxidation sites excluding steroid dienone is 1. The zero-order valence-electron chi connectivity index (χ0n) is 21.3. The van der Waals surface area contributed by atoms with Crippen LogP contribution in [0.2, 0.25) is 0 Å². The average molecular weight is 508 g/mol. The first-order chi connectivity index (χ1) is 18.4. The van der Waals surface area contributed by atoms with Gasteiger partial charge in [-0.05, 0) is 103 Å². The first-order valence-electron chi connectivity index (χ1n) is 13.1. The second kappa shape index (κ2) is 9.60. The maximum Gasteiger partial charge on any atom is 0.251 e. The third kappa shape index (κ3) is 4.40. The van der Waals surface area contributed by atoms with Crippen molar-refractivity contribution < 1.29 is 14.3 Å². The van der Waals surface area contributed by atoms with Crippen molar-refractivity contribution >= 4 is 12.0 Å². The highest BCUT2D eigenvalue weighted by Gasteiger charge is 2.46. The van der Waals surface area contributed by atoms with E-state index in [0.29, 0.717) is 11.5 Å². The summed E-state index contributed by atoms with van der Waals surface area (Å²) in [6, 6.07) is 22.8. The largest absolute Gasteiger partial charge is 0.508 e. The molecule has 3 aromatic carbocycles. The number of halogens is 1. The van der Waals surface area contributed by atoms with Crippen molar-refractivity contribution in [1.29, 1.82) is 0 Å². The van der Waals surface area contributed by atoms with Crippen LogP contribution in [0, 0.1) is 17.2 Å². The topological polar surface area (TPSA) is 67.2 Å². The van der Waals surface area contributed by atoms with Crippen molar-refractivity contribution in [3.8, 4) is 11.4 Å². The summed E-state index contributed by atoms with van der Waals surface area (Å²) in [5.41, 5.74) is 6.11. The molecule has 2 aliphatic carbocycles. The molecule has 5 nitrogen and oxygen atoms in total. The molecule has 38 heavy (non-hydrogen) atoms. The van der Waals surface area contributed by atoms with Crippen molar-refractivity contribution in [3.05, 3.63) is 119 Å². The van der Waals surface area contributed by atoms with E-state index in [-0.39, 0.29) is 28.9 Å². The van der Waals surface area contributed by atoms with E-state index in [4.69, 9.17) is 0 Å². The number of hydrogen-bond acceptors (Lipinski definition) is 3. The van der Waals surface area contributed by atoms with Crippen LogP contribution < -0.4 is 5.32 Å². The highest BCUT2D eigenvalue weighted by molar-refractivity contribution is 5.94. The quantitative estimate of drug-likeness (QED) is 0.308. The zero-order valence-corrected chi connectivity index (χ0v) is 21.3. The monoisotopic (exact) mass is 507 g/mol. The number of phenols is 1. The van der Waals surface area contributed by atoms with Gasteiger partial charge in [0.2, 0.25) is 0 Å². The van der Waals surface area contributed by atoms with Crippen LogP contribution in [0.15, 0.2) is 90.6 Å². The molecule has 1 saturated carbocycles. The van der Waals surface area contributed by atoms with Crippen LogP contribution in [0.5, 0.6) is 5.75 Å². The van der Waals surface area contributed by atoms with Gasteiger partial charge < -0.3 is 10.4 Å². The summed E-state index contributed by atoms with van der Waals surface area (Å²) in [7, 11) is 0. The molecule has 0 aliphatic heterocycles. The molecule has 0 spiro atoms. The molecular formula is C32H30FN3O2. The number of phenolic OH excluding ortho intramolecular Hbond substituents is 1. The highest BCUT2D eigenvalue weighted by atomic mass is 19.1. The maximum atomic E-state index is 13.5. The molecule has 1 aromatic heterocycles. The fourth-order valence-electron chi connectivity index (χ4n) is 6.20. The van der Waals surface area contributed by atoms with Gasteiger partial charge in [-0.25, -0.2) is 9.07 Å². The molecule has 3 atom stereocenters. The lowest BCUT2D eigenvalue weighted by Gasteiger charge is -2.37. The van der Waals surface area contributed by atoms with Gasteiger partial charge in [-0.2, -0.15) is 5.10 Å². The number of nitrogens with one attached hydrogen (secondary N) is 1. The molecule has 2 N–H and O–H groups in total. The molecule has 1 fully saturated rings. The SMILES string of the molecule is CC12Cc3cnn(-c4ccc(F)cc4)c3C=C1CC[C@@H]2CC(NC(=O)c1ccc(O)cc1)c1ccccc1. The van der Waals surface area contributed by atoms with E-state index in [2.05, 4.69) is 35.5 Å². The average Bonchev–Trinajstić information content (AvgIpc) is 3.47. The molecule has 2 unspecified atom stereocenters. The Hall–Kier alpha value is -4.19. The van der Waals surface area contributed by atoms with Crippen LogP contribution in [-0.4, -0.2) is 20.8 Å². The molecule has 0 bridgehead atoms. The molecule has 1 heterocycles. The Balaban J connectivity index is 1.27. The Morgan fingerprint density at radius 2 is 1.84 bits per heavy atom. The first-order valence-corrected chi connectivity index (χ1v) is 13.1. The van der Waals surface area contributed by atoms with E-state index in [9.17, 15) is 14.3 Å². The number of aromatic nitrogens is 2. The molecule has 4 aromatic rings.